The molecule has 7 nitrogen and oxygen atoms in total. The van der Waals surface area contributed by atoms with Crippen LogP contribution in [0, 0.1) is 13.8 Å². The Bertz CT molecular complexity index is 747. The highest BCUT2D eigenvalue weighted by Crippen LogP contribution is 2.31. The third-order valence-corrected chi connectivity index (χ3v) is 5.16. The van der Waals surface area contributed by atoms with E-state index < -0.39 is 11.3 Å². The van der Waals surface area contributed by atoms with E-state index in [0.29, 0.717) is 9.47 Å². The smallest absolute Gasteiger partial charge is 0.321 e. The highest BCUT2D eigenvalue weighted by atomic mass is 32.2. The van der Waals surface area contributed by atoms with Crippen molar-refractivity contribution in [2.45, 2.75) is 30.4 Å². The quantitative estimate of drug-likeness (QED) is 0.705. The van der Waals surface area contributed by atoms with Crippen molar-refractivity contribution in [1.29, 1.82) is 0 Å². The number of hydrogen-bond acceptors (Lipinski definition) is 7. The molecule has 0 radical (unpaired) electrons. The molecule has 1 atom stereocenters. The van der Waals surface area contributed by atoms with Gasteiger partial charge in [-0.2, -0.15) is 0 Å². The first-order chi connectivity index (χ1) is 11.4. The second kappa shape index (κ2) is 8.11. The molecule has 0 saturated heterocycles. The lowest BCUT2D eigenvalue weighted by atomic mass is 10.1. The molecule has 3 N–H and O–H groups in total. The predicted octanol–water partition coefficient (Wildman–Crippen LogP) is 2.83. The van der Waals surface area contributed by atoms with Gasteiger partial charge in [0.15, 0.2) is 4.34 Å². The van der Waals surface area contributed by atoms with Crippen LogP contribution in [-0.4, -0.2) is 34.4 Å². The van der Waals surface area contributed by atoms with Crippen LogP contribution >= 0.6 is 23.1 Å². The fourth-order valence-electron chi connectivity index (χ4n) is 1.86. The van der Waals surface area contributed by atoms with Gasteiger partial charge in [0.05, 0.1) is 5.25 Å². The summed E-state index contributed by atoms with van der Waals surface area (Å²) in [6, 6.07) is 5.58. The van der Waals surface area contributed by atoms with E-state index in [0.717, 1.165) is 11.3 Å². The second-order valence-corrected chi connectivity index (χ2v) is 7.71. The van der Waals surface area contributed by atoms with Crippen molar-refractivity contribution in [2.24, 2.45) is 0 Å². The first kappa shape index (κ1) is 18.2. The minimum Gasteiger partial charge on any atom is -0.341 e. The molecule has 0 aliphatic rings. The van der Waals surface area contributed by atoms with Gasteiger partial charge in [-0.05, 0) is 32.4 Å². The maximum absolute atomic E-state index is 11.8. The number of anilines is 2. The largest absolute Gasteiger partial charge is 0.341 e. The molecular weight excluding hydrogens is 346 g/mol. The third kappa shape index (κ3) is 4.93. The zero-order valence-corrected chi connectivity index (χ0v) is 15.5. The molecule has 3 amide bonds. The summed E-state index contributed by atoms with van der Waals surface area (Å²) in [4.78, 5) is 23.0. The Hall–Kier alpha value is -2.13. The van der Waals surface area contributed by atoms with E-state index >= 15 is 0 Å². The fourth-order valence-corrected chi connectivity index (χ4v) is 3.77. The molecule has 1 aromatic heterocycles. The normalized spacial score (nSPS) is 11.7. The Morgan fingerprint density at radius 2 is 2.00 bits per heavy atom. The average molecular weight is 365 g/mol. The lowest BCUT2D eigenvalue weighted by Gasteiger charge is -2.08. The molecule has 0 saturated carbocycles. The van der Waals surface area contributed by atoms with E-state index in [1.165, 1.54) is 35.7 Å². The molecule has 1 heterocycles. The number of aromatic nitrogens is 2. The van der Waals surface area contributed by atoms with Gasteiger partial charge < -0.3 is 10.6 Å². The van der Waals surface area contributed by atoms with E-state index in [1.54, 1.807) is 6.92 Å². The summed E-state index contributed by atoms with van der Waals surface area (Å²) < 4.78 is 0.654. The molecule has 2 rings (SSSR count). The van der Waals surface area contributed by atoms with Crippen molar-refractivity contribution in [3.63, 3.8) is 0 Å². The Morgan fingerprint density at radius 1 is 1.25 bits per heavy atom. The van der Waals surface area contributed by atoms with E-state index in [4.69, 9.17) is 0 Å². The Balaban J connectivity index is 1.97. The Labute approximate surface area is 148 Å². The second-order valence-electron chi connectivity index (χ2n) is 5.14. The maximum Gasteiger partial charge on any atom is 0.321 e. The zero-order valence-electron chi connectivity index (χ0n) is 13.8. The molecule has 24 heavy (non-hydrogen) atoms. The number of imide groups is 1. The fraction of sp³-hybridized carbons (Fsp3) is 0.333. The third-order valence-electron chi connectivity index (χ3n) is 3.14. The molecule has 1 aromatic carbocycles. The summed E-state index contributed by atoms with van der Waals surface area (Å²) in [5.41, 5.74) is 3.29. The number of amides is 3. The van der Waals surface area contributed by atoms with E-state index in [1.807, 2.05) is 26.0 Å². The van der Waals surface area contributed by atoms with Crippen LogP contribution in [0.15, 0.2) is 22.5 Å². The minimum absolute atomic E-state index is 0.376. The summed E-state index contributed by atoms with van der Waals surface area (Å²) in [6.07, 6.45) is 0. The van der Waals surface area contributed by atoms with Gasteiger partial charge in [-0.3, -0.25) is 10.1 Å². The number of urea groups is 1. The van der Waals surface area contributed by atoms with Crippen molar-refractivity contribution >= 4 is 45.9 Å². The molecule has 0 unspecified atom stereocenters. The number of nitrogens with zero attached hydrogens (tertiary/aromatic N) is 2. The van der Waals surface area contributed by atoms with Crippen molar-refractivity contribution < 1.29 is 9.59 Å². The number of thioether (sulfide) groups is 1. The van der Waals surface area contributed by atoms with Crippen LogP contribution in [0.5, 0.6) is 0 Å². The topological polar surface area (TPSA) is 96.0 Å². The van der Waals surface area contributed by atoms with Crippen LogP contribution in [0.4, 0.5) is 15.6 Å². The number of benzene rings is 1. The molecule has 0 aliphatic heterocycles. The predicted molar refractivity (Wildman–Crippen MR) is 97.0 cm³/mol. The number of carbonyl (C=O) groups excluding carboxylic acids is 2. The summed E-state index contributed by atoms with van der Waals surface area (Å²) in [6.45, 7) is 5.78. The van der Waals surface area contributed by atoms with Gasteiger partial charge in [-0.1, -0.05) is 40.8 Å². The van der Waals surface area contributed by atoms with Crippen LogP contribution in [0.3, 0.4) is 0 Å². The Kier molecular flexibility index (Phi) is 6.16. The molecule has 0 aliphatic carbocycles. The number of aryl methyl sites for hydroxylation is 2. The minimum atomic E-state index is -0.526. The van der Waals surface area contributed by atoms with Crippen LogP contribution < -0.4 is 16.0 Å². The first-order valence-electron chi connectivity index (χ1n) is 7.26. The maximum atomic E-state index is 11.8. The van der Waals surface area contributed by atoms with E-state index in [2.05, 4.69) is 32.2 Å². The molecule has 2 aromatic rings. The van der Waals surface area contributed by atoms with Crippen LogP contribution in [0.1, 0.15) is 18.1 Å². The number of rotatable bonds is 5. The van der Waals surface area contributed by atoms with Crippen molar-refractivity contribution in [3.8, 4) is 0 Å². The Morgan fingerprint density at radius 3 is 2.67 bits per heavy atom. The summed E-state index contributed by atoms with van der Waals surface area (Å²) in [5.74, 6) is -0.376. The average Bonchev–Trinajstić information content (AvgIpc) is 2.97. The van der Waals surface area contributed by atoms with Gasteiger partial charge in [0, 0.05) is 12.7 Å². The van der Waals surface area contributed by atoms with Gasteiger partial charge in [0.2, 0.25) is 11.0 Å². The highest BCUT2D eigenvalue weighted by molar-refractivity contribution is 8.02. The summed E-state index contributed by atoms with van der Waals surface area (Å²) in [5, 5.41) is 16.2. The van der Waals surface area contributed by atoms with E-state index in [-0.39, 0.29) is 5.91 Å². The molecule has 128 valence electrons. The zero-order chi connectivity index (χ0) is 17.7. The van der Waals surface area contributed by atoms with Crippen molar-refractivity contribution in [3.05, 3.63) is 29.3 Å². The van der Waals surface area contributed by atoms with Crippen LogP contribution in [0.25, 0.3) is 0 Å². The van der Waals surface area contributed by atoms with Gasteiger partial charge in [0.25, 0.3) is 0 Å². The van der Waals surface area contributed by atoms with Gasteiger partial charge in [0.1, 0.15) is 0 Å². The number of carbonyl (C=O) groups is 2. The molecular formula is C15H19N5O2S2. The summed E-state index contributed by atoms with van der Waals surface area (Å²) >= 11 is 2.62. The summed E-state index contributed by atoms with van der Waals surface area (Å²) in [7, 11) is 1.45. The lowest BCUT2D eigenvalue weighted by molar-refractivity contribution is -0.119. The molecule has 0 bridgehead atoms. The standard InChI is InChI=1S/C15H19N5O2S2/c1-8-5-6-11(9(2)7-8)17-14-19-20-15(24-14)23-10(3)12(21)18-13(22)16-4/h5-7,10H,1-4H3,(H,17,19)(H2,16,18,21,22)/t10-/m1/s1. The number of hydrogen-bond donors (Lipinski definition) is 3. The van der Waals surface area contributed by atoms with Crippen LogP contribution in [-0.2, 0) is 4.79 Å². The molecule has 9 heteroatoms. The lowest BCUT2D eigenvalue weighted by Crippen LogP contribution is -2.41. The molecule has 0 fully saturated rings. The molecule has 0 spiro atoms. The van der Waals surface area contributed by atoms with Gasteiger partial charge in [-0.15, -0.1) is 10.2 Å². The monoisotopic (exact) mass is 365 g/mol. The highest BCUT2D eigenvalue weighted by Gasteiger charge is 2.19. The SMILES string of the molecule is CNC(=O)NC(=O)[C@@H](C)Sc1nnc(Nc2ccc(C)cc2C)s1. The van der Waals surface area contributed by atoms with Crippen molar-refractivity contribution in [2.75, 3.05) is 12.4 Å². The van der Waals surface area contributed by atoms with Gasteiger partial charge in [-0.25, -0.2) is 4.79 Å². The van der Waals surface area contributed by atoms with E-state index in [9.17, 15) is 9.59 Å². The number of nitrogens with one attached hydrogen (secondary N) is 3. The van der Waals surface area contributed by atoms with Gasteiger partial charge >= 0.3 is 6.03 Å². The van der Waals surface area contributed by atoms with Crippen LogP contribution in [0.2, 0.25) is 0 Å². The first-order valence-corrected chi connectivity index (χ1v) is 8.95. The van der Waals surface area contributed by atoms with Crippen molar-refractivity contribution in [1.82, 2.24) is 20.8 Å².